The number of hydrogen-bond donors (Lipinski definition) is 3. The Morgan fingerprint density at radius 2 is 2.24 bits per heavy atom. The highest BCUT2D eigenvalue weighted by molar-refractivity contribution is 7.99. The number of oxime groups is 1. The van der Waals surface area contributed by atoms with Crippen molar-refractivity contribution < 1.29 is 10.0 Å². The summed E-state index contributed by atoms with van der Waals surface area (Å²) in [5.74, 6) is -0.0195. The first kappa shape index (κ1) is 12.5. The van der Waals surface area contributed by atoms with Gasteiger partial charge in [-0.2, -0.15) is 11.8 Å². The van der Waals surface area contributed by atoms with Gasteiger partial charge in [0.2, 0.25) is 5.91 Å². The van der Waals surface area contributed by atoms with Crippen LogP contribution in [0.25, 0.3) is 0 Å². The number of carbonyl (C=O) groups excluding carboxylic acids is 1. The Hall–Kier alpha value is -0.910. The van der Waals surface area contributed by atoms with Gasteiger partial charge in [-0.05, 0) is 38.4 Å². The predicted molar refractivity (Wildman–Crippen MR) is 68.2 cm³/mol. The first-order valence-electron chi connectivity index (χ1n) is 5.94. The fraction of sp³-hybridized carbons (Fsp3) is 0.818. The molecule has 0 saturated heterocycles. The summed E-state index contributed by atoms with van der Waals surface area (Å²) in [5, 5.41) is 15.3. The first-order chi connectivity index (χ1) is 8.12. The minimum absolute atomic E-state index is 0.0504. The third kappa shape index (κ3) is 2.36. The topological polar surface area (TPSA) is 87.7 Å². The number of amides is 1. The van der Waals surface area contributed by atoms with E-state index in [9.17, 15) is 4.79 Å². The molecule has 96 valence electrons. The van der Waals surface area contributed by atoms with Crippen LogP contribution in [0.4, 0.5) is 0 Å². The molecule has 2 saturated carbocycles. The van der Waals surface area contributed by atoms with Crippen LogP contribution < -0.4 is 11.1 Å². The van der Waals surface area contributed by atoms with Gasteiger partial charge in [-0.15, -0.1) is 0 Å². The highest BCUT2D eigenvalue weighted by Gasteiger charge is 2.54. The lowest BCUT2D eigenvalue weighted by molar-refractivity contribution is -0.124. The van der Waals surface area contributed by atoms with Gasteiger partial charge in [-0.1, -0.05) is 5.16 Å². The van der Waals surface area contributed by atoms with E-state index in [1.807, 2.05) is 11.8 Å². The molecule has 2 unspecified atom stereocenters. The lowest BCUT2D eigenvalue weighted by Crippen LogP contribution is -2.44. The summed E-state index contributed by atoms with van der Waals surface area (Å²) >= 11 is 1.86. The van der Waals surface area contributed by atoms with Gasteiger partial charge < -0.3 is 16.3 Å². The SMILES string of the molecule is CSC1CCC(NC(=O)C2(C(N)=NO)CC2)C1. The molecular weight excluding hydrogens is 238 g/mol. The molecule has 0 radical (unpaired) electrons. The number of nitrogens with two attached hydrogens (primary N) is 1. The van der Waals surface area contributed by atoms with Gasteiger partial charge in [-0.3, -0.25) is 4.79 Å². The molecular formula is C11H19N3O2S. The molecule has 6 heteroatoms. The molecule has 2 aliphatic carbocycles. The van der Waals surface area contributed by atoms with E-state index in [-0.39, 0.29) is 17.8 Å². The van der Waals surface area contributed by atoms with Gasteiger partial charge in [0, 0.05) is 11.3 Å². The summed E-state index contributed by atoms with van der Waals surface area (Å²) in [6.45, 7) is 0. The molecule has 0 spiro atoms. The quantitative estimate of drug-likeness (QED) is 0.302. The molecule has 2 rings (SSSR count). The Kier molecular flexibility index (Phi) is 3.51. The molecule has 5 nitrogen and oxygen atoms in total. The van der Waals surface area contributed by atoms with Crippen molar-refractivity contribution in [1.29, 1.82) is 0 Å². The Balaban J connectivity index is 1.90. The summed E-state index contributed by atoms with van der Waals surface area (Å²) in [6, 6.07) is 0.254. The van der Waals surface area contributed by atoms with Crippen LogP contribution in [0.15, 0.2) is 5.16 Å². The predicted octanol–water partition coefficient (Wildman–Crippen LogP) is 0.913. The van der Waals surface area contributed by atoms with Crippen molar-refractivity contribution >= 4 is 23.5 Å². The van der Waals surface area contributed by atoms with Crippen LogP contribution in [0.3, 0.4) is 0 Å². The molecule has 0 bridgehead atoms. The number of rotatable bonds is 4. The van der Waals surface area contributed by atoms with E-state index in [2.05, 4.69) is 16.7 Å². The largest absolute Gasteiger partial charge is 0.409 e. The average molecular weight is 257 g/mol. The van der Waals surface area contributed by atoms with Crippen LogP contribution in [0.2, 0.25) is 0 Å². The van der Waals surface area contributed by atoms with Gasteiger partial charge in [0.25, 0.3) is 0 Å². The summed E-state index contributed by atoms with van der Waals surface area (Å²) < 4.78 is 0. The number of hydrogen-bond acceptors (Lipinski definition) is 4. The van der Waals surface area contributed by atoms with Gasteiger partial charge in [-0.25, -0.2) is 0 Å². The second kappa shape index (κ2) is 4.76. The molecule has 0 aromatic heterocycles. The van der Waals surface area contributed by atoms with Gasteiger partial charge in [0.05, 0.1) is 0 Å². The fourth-order valence-electron chi connectivity index (χ4n) is 2.43. The maximum atomic E-state index is 12.1. The summed E-state index contributed by atoms with van der Waals surface area (Å²) in [5.41, 5.74) is 4.86. The third-order valence-corrected chi connectivity index (χ3v) is 4.93. The Morgan fingerprint density at radius 1 is 1.53 bits per heavy atom. The van der Waals surface area contributed by atoms with Crippen molar-refractivity contribution in [2.75, 3.05) is 6.26 Å². The standard InChI is InChI=1S/C11H19N3O2S/c1-17-8-3-2-7(6-8)13-10(15)11(4-5-11)9(12)14-16/h7-8,16H,2-6H2,1H3,(H2,12,14)(H,13,15). The Bertz CT molecular complexity index is 342. The molecule has 0 aromatic rings. The van der Waals surface area contributed by atoms with Gasteiger partial charge in [0.15, 0.2) is 5.84 Å². The Morgan fingerprint density at radius 3 is 2.71 bits per heavy atom. The van der Waals surface area contributed by atoms with Crippen LogP contribution >= 0.6 is 11.8 Å². The van der Waals surface area contributed by atoms with Crippen LogP contribution in [0, 0.1) is 5.41 Å². The van der Waals surface area contributed by atoms with Crippen molar-refractivity contribution in [3.8, 4) is 0 Å². The summed E-state index contributed by atoms with van der Waals surface area (Å²) in [4.78, 5) is 12.1. The summed E-state index contributed by atoms with van der Waals surface area (Å²) in [6.07, 6.45) is 6.69. The van der Waals surface area contributed by atoms with E-state index in [4.69, 9.17) is 10.9 Å². The van der Waals surface area contributed by atoms with E-state index >= 15 is 0 Å². The van der Waals surface area contributed by atoms with Crippen molar-refractivity contribution in [2.45, 2.75) is 43.4 Å². The fourth-order valence-corrected chi connectivity index (χ4v) is 3.23. The molecule has 4 N–H and O–H groups in total. The van der Waals surface area contributed by atoms with Gasteiger partial charge in [0.1, 0.15) is 5.41 Å². The molecule has 2 aliphatic rings. The van der Waals surface area contributed by atoms with Crippen LogP contribution in [0.1, 0.15) is 32.1 Å². The molecule has 17 heavy (non-hydrogen) atoms. The van der Waals surface area contributed by atoms with Crippen molar-refractivity contribution in [3.63, 3.8) is 0 Å². The average Bonchev–Trinajstić information content (AvgIpc) is 3.04. The normalized spacial score (nSPS) is 31.2. The van der Waals surface area contributed by atoms with E-state index in [0.717, 1.165) is 19.3 Å². The van der Waals surface area contributed by atoms with E-state index in [1.54, 1.807) is 0 Å². The smallest absolute Gasteiger partial charge is 0.234 e. The van der Waals surface area contributed by atoms with Crippen LogP contribution in [-0.2, 0) is 4.79 Å². The maximum absolute atomic E-state index is 12.1. The maximum Gasteiger partial charge on any atom is 0.234 e. The third-order valence-electron chi connectivity index (χ3n) is 3.84. The molecule has 0 heterocycles. The van der Waals surface area contributed by atoms with Crippen LogP contribution in [0.5, 0.6) is 0 Å². The molecule has 0 aliphatic heterocycles. The lowest BCUT2D eigenvalue weighted by Gasteiger charge is -2.18. The zero-order chi connectivity index (χ0) is 12.5. The summed E-state index contributed by atoms with van der Waals surface area (Å²) in [7, 11) is 0. The molecule has 0 aromatic carbocycles. The van der Waals surface area contributed by atoms with Gasteiger partial charge >= 0.3 is 0 Å². The second-order valence-corrected chi connectivity index (χ2v) is 6.05. The number of nitrogens with zero attached hydrogens (tertiary/aromatic N) is 1. The minimum Gasteiger partial charge on any atom is -0.409 e. The first-order valence-corrected chi connectivity index (χ1v) is 7.23. The zero-order valence-electron chi connectivity index (χ0n) is 9.98. The molecule has 1 amide bonds. The highest BCUT2D eigenvalue weighted by Crippen LogP contribution is 2.46. The number of amidine groups is 1. The van der Waals surface area contributed by atoms with Crippen molar-refractivity contribution in [2.24, 2.45) is 16.3 Å². The number of nitrogens with one attached hydrogen (secondary N) is 1. The molecule has 2 atom stereocenters. The Labute approximate surface area is 105 Å². The zero-order valence-corrected chi connectivity index (χ0v) is 10.8. The molecule has 2 fully saturated rings. The van der Waals surface area contributed by atoms with E-state index in [1.165, 1.54) is 0 Å². The minimum atomic E-state index is -0.716. The van der Waals surface area contributed by atoms with E-state index < -0.39 is 5.41 Å². The van der Waals surface area contributed by atoms with Crippen molar-refractivity contribution in [3.05, 3.63) is 0 Å². The van der Waals surface area contributed by atoms with Crippen molar-refractivity contribution in [1.82, 2.24) is 5.32 Å². The number of thioether (sulfide) groups is 1. The second-order valence-electron chi connectivity index (χ2n) is 4.91. The lowest BCUT2D eigenvalue weighted by atomic mass is 10.0. The highest BCUT2D eigenvalue weighted by atomic mass is 32.2. The van der Waals surface area contributed by atoms with E-state index in [0.29, 0.717) is 18.1 Å². The monoisotopic (exact) mass is 257 g/mol. The van der Waals surface area contributed by atoms with Crippen LogP contribution in [-0.4, -0.2) is 34.5 Å². The number of carbonyl (C=O) groups is 1.